The summed E-state index contributed by atoms with van der Waals surface area (Å²) in [6.07, 6.45) is -4.87. The number of aliphatic hydroxyl groups is 1. The number of rotatable bonds is 5. The van der Waals surface area contributed by atoms with E-state index in [9.17, 15) is 27.1 Å². The summed E-state index contributed by atoms with van der Waals surface area (Å²) < 4.78 is 69.4. The molecule has 130 valence electrons. The van der Waals surface area contributed by atoms with Crippen molar-refractivity contribution < 1.29 is 31.8 Å². The minimum absolute atomic E-state index is 0.0275. The molecule has 0 bridgehead atoms. The van der Waals surface area contributed by atoms with Crippen LogP contribution in [0.15, 0.2) is 42.5 Å². The van der Waals surface area contributed by atoms with Gasteiger partial charge < -0.3 is 15.2 Å². The Balaban J connectivity index is 2.08. The molecule has 24 heavy (non-hydrogen) atoms. The van der Waals surface area contributed by atoms with E-state index in [2.05, 4.69) is 0 Å². The van der Waals surface area contributed by atoms with E-state index in [1.807, 2.05) is 5.32 Å². The lowest BCUT2D eigenvalue weighted by atomic mass is 10.2. The molecule has 0 aliphatic rings. The molecule has 0 spiro atoms. The van der Waals surface area contributed by atoms with Gasteiger partial charge in [0, 0.05) is 17.8 Å². The molecule has 0 aromatic heterocycles. The second-order valence-corrected chi connectivity index (χ2v) is 5.29. The molecule has 2 rings (SSSR count). The quantitative estimate of drug-likeness (QED) is 0.628. The van der Waals surface area contributed by atoms with E-state index in [1.54, 1.807) is 0 Å². The highest BCUT2D eigenvalue weighted by molar-refractivity contribution is 5.49. The maximum Gasteiger partial charge on any atom is 0.436 e. The summed E-state index contributed by atoms with van der Waals surface area (Å²) in [5, 5.41) is 11.3. The lowest BCUT2D eigenvalue weighted by molar-refractivity contribution is -0.240. The normalized spacial score (nSPS) is 14.1. The first-order chi connectivity index (χ1) is 11.1. The molecule has 2 aromatic rings. The maximum atomic E-state index is 13.1. The molecule has 8 heteroatoms. The van der Waals surface area contributed by atoms with Gasteiger partial charge in [0.25, 0.3) is 0 Å². The van der Waals surface area contributed by atoms with Crippen LogP contribution in [0.1, 0.15) is 12.5 Å². The lowest BCUT2D eigenvalue weighted by Gasteiger charge is -2.28. The molecular formula is C16H14F5NO2. The molecule has 0 saturated carbocycles. The van der Waals surface area contributed by atoms with E-state index in [0.717, 1.165) is 12.1 Å². The van der Waals surface area contributed by atoms with Crippen LogP contribution in [0.4, 0.5) is 27.6 Å². The zero-order valence-corrected chi connectivity index (χ0v) is 12.5. The lowest BCUT2D eigenvalue weighted by Crippen LogP contribution is -2.49. The molecule has 2 aromatic carbocycles. The SMILES string of the molecule is CC(O)(Nc1cccc(OCc2cc(F)cc(F)c2)c1)C(F)(F)F. The van der Waals surface area contributed by atoms with E-state index < -0.39 is 23.5 Å². The summed E-state index contributed by atoms with van der Waals surface area (Å²) in [6, 6.07) is 8.30. The molecule has 0 radical (unpaired) electrons. The Morgan fingerprint density at radius 3 is 2.25 bits per heavy atom. The third-order valence-corrected chi connectivity index (χ3v) is 3.10. The van der Waals surface area contributed by atoms with Crippen LogP contribution in [-0.4, -0.2) is 17.0 Å². The van der Waals surface area contributed by atoms with Crippen molar-refractivity contribution in [3.8, 4) is 5.75 Å². The highest BCUT2D eigenvalue weighted by Crippen LogP contribution is 2.32. The van der Waals surface area contributed by atoms with Crippen LogP contribution >= 0.6 is 0 Å². The van der Waals surface area contributed by atoms with Crippen molar-refractivity contribution in [2.75, 3.05) is 5.32 Å². The van der Waals surface area contributed by atoms with Crippen molar-refractivity contribution in [2.45, 2.75) is 25.4 Å². The Morgan fingerprint density at radius 2 is 1.67 bits per heavy atom. The summed E-state index contributed by atoms with van der Waals surface area (Å²) in [6.45, 7) is 0.407. The number of alkyl halides is 3. The number of nitrogens with one attached hydrogen (secondary N) is 1. The van der Waals surface area contributed by atoms with Crippen molar-refractivity contribution in [3.05, 3.63) is 59.7 Å². The van der Waals surface area contributed by atoms with Gasteiger partial charge in [-0.1, -0.05) is 6.07 Å². The molecule has 0 aliphatic carbocycles. The molecule has 3 nitrogen and oxygen atoms in total. The van der Waals surface area contributed by atoms with Crippen molar-refractivity contribution in [2.24, 2.45) is 0 Å². The largest absolute Gasteiger partial charge is 0.489 e. The van der Waals surface area contributed by atoms with Gasteiger partial charge in [0.1, 0.15) is 24.0 Å². The van der Waals surface area contributed by atoms with Crippen molar-refractivity contribution in [1.29, 1.82) is 0 Å². The fourth-order valence-corrected chi connectivity index (χ4v) is 1.88. The number of benzene rings is 2. The van der Waals surface area contributed by atoms with Crippen molar-refractivity contribution >= 4 is 5.69 Å². The molecule has 1 atom stereocenters. The molecule has 0 aliphatic heterocycles. The van der Waals surface area contributed by atoms with Crippen LogP contribution in [-0.2, 0) is 6.61 Å². The summed E-state index contributed by atoms with van der Waals surface area (Å²) in [7, 11) is 0. The van der Waals surface area contributed by atoms with E-state index in [4.69, 9.17) is 4.74 Å². The summed E-state index contributed by atoms with van der Waals surface area (Å²) in [5.41, 5.74) is -2.91. The van der Waals surface area contributed by atoms with Gasteiger partial charge in [0.15, 0.2) is 0 Å². The fourth-order valence-electron chi connectivity index (χ4n) is 1.88. The molecule has 0 fully saturated rings. The number of ether oxygens (including phenoxy) is 1. The van der Waals surface area contributed by atoms with Crippen LogP contribution in [0.3, 0.4) is 0 Å². The number of hydrogen-bond donors (Lipinski definition) is 2. The van der Waals surface area contributed by atoms with Crippen molar-refractivity contribution in [1.82, 2.24) is 0 Å². The molecule has 0 heterocycles. The number of hydrogen-bond acceptors (Lipinski definition) is 3. The van der Waals surface area contributed by atoms with Gasteiger partial charge in [0.05, 0.1) is 0 Å². The third-order valence-electron chi connectivity index (χ3n) is 3.10. The van der Waals surface area contributed by atoms with Crippen LogP contribution in [0.5, 0.6) is 5.75 Å². The Kier molecular flexibility index (Phi) is 4.98. The molecular weight excluding hydrogens is 333 g/mol. The molecule has 1 unspecified atom stereocenters. The monoisotopic (exact) mass is 347 g/mol. The first-order valence-corrected chi connectivity index (χ1v) is 6.82. The van der Waals surface area contributed by atoms with Gasteiger partial charge in [0.2, 0.25) is 5.72 Å². The topological polar surface area (TPSA) is 41.5 Å². The van der Waals surface area contributed by atoms with Gasteiger partial charge in [-0.2, -0.15) is 13.2 Å². The highest BCUT2D eigenvalue weighted by Gasteiger charge is 2.50. The van der Waals surface area contributed by atoms with Gasteiger partial charge in [-0.15, -0.1) is 0 Å². The average Bonchev–Trinajstić information content (AvgIpc) is 2.43. The number of anilines is 1. The maximum absolute atomic E-state index is 13.1. The molecule has 2 N–H and O–H groups in total. The predicted molar refractivity (Wildman–Crippen MR) is 77.4 cm³/mol. The Bertz CT molecular complexity index is 696. The van der Waals surface area contributed by atoms with E-state index >= 15 is 0 Å². The minimum Gasteiger partial charge on any atom is -0.489 e. The number of halogens is 5. The van der Waals surface area contributed by atoms with Crippen LogP contribution in [0, 0.1) is 11.6 Å². The van der Waals surface area contributed by atoms with Gasteiger partial charge in [-0.25, -0.2) is 8.78 Å². The van der Waals surface area contributed by atoms with Crippen LogP contribution in [0.25, 0.3) is 0 Å². The standard InChI is InChI=1S/C16H14F5NO2/c1-15(23,16(19,20)21)22-13-3-2-4-14(8-13)24-9-10-5-11(17)7-12(18)6-10/h2-8,22-23H,9H2,1H3. The predicted octanol–water partition coefficient (Wildman–Crippen LogP) is 4.23. The van der Waals surface area contributed by atoms with Gasteiger partial charge in [-0.3, -0.25) is 0 Å². The van der Waals surface area contributed by atoms with E-state index in [0.29, 0.717) is 13.0 Å². The first kappa shape index (κ1) is 18.0. The summed E-state index contributed by atoms with van der Waals surface area (Å²) in [5.74, 6) is -1.35. The molecule has 0 amide bonds. The fraction of sp³-hybridized carbons (Fsp3) is 0.250. The molecule has 0 saturated heterocycles. The average molecular weight is 347 g/mol. The summed E-state index contributed by atoms with van der Waals surface area (Å²) >= 11 is 0. The zero-order valence-electron chi connectivity index (χ0n) is 12.5. The minimum atomic E-state index is -4.87. The van der Waals surface area contributed by atoms with Crippen LogP contribution < -0.4 is 10.1 Å². The van der Waals surface area contributed by atoms with E-state index in [1.165, 1.54) is 24.3 Å². The Labute approximate surface area is 134 Å². The Morgan fingerprint density at radius 1 is 1.04 bits per heavy atom. The van der Waals surface area contributed by atoms with Crippen molar-refractivity contribution in [3.63, 3.8) is 0 Å². The summed E-state index contributed by atoms with van der Waals surface area (Å²) in [4.78, 5) is 0. The highest BCUT2D eigenvalue weighted by atomic mass is 19.4. The van der Waals surface area contributed by atoms with Gasteiger partial charge >= 0.3 is 6.18 Å². The second-order valence-electron chi connectivity index (χ2n) is 5.29. The van der Waals surface area contributed by atoms with Gasteiger partial charge in [-0.05, 0) is 36.8 Å². The smallest absolute Gasteiger partial charge is 0.436 e. The first-order valence-electron chi connectivity index (χ1n) is 6.82. The zero-order chi connectivity index (χ0) is 18.0. The third kappa shape index (κ3) is 4.58. The van der Waals surface area contributed by atoms with Crippen LogP contribution in [0.2, 0.25) is 0 Å². The van der Waals surface area contributed by atoms with E-state index in [-0.39, 0.29) is 23.6 Å². The second kappa shape index (κ2) is 6.64. The Hall–Kier alpha value is -2.35.